The van der Waals surface area contributed by atoms with E-state index in [0.717, 1.165) is 4.90 Å². The van der Waals surface area contributed by atoms with Gasteiger partial charge in [-0.1, -0.05) is 78.9 Å². The van der Waals surface area contributed by atoms with Crippen LogP contribution in [-0.4, -0.2) is 69.6 Å². The zero-order chi connectivity index (χ0) is 34.3. The lowest BCUT2D eigenvalue weighted by molar-refractivity contribution is -0.214. The van der Waals surface area contributed by atoms with Crippen molar-refractivity contribution in [1.82, 2.24) is 9.62 Å². The summed E-state index contributed by atoms with van der Waals surface area (Å²) in [5, 5.41) is 0. The second-order valence-electron chi connectivity index (χ2n) is 11.5. The summed E-state index contributed by atoms with van der Waals surface area (Å²) < 4.78 is 110. The summed E-state index contributed by atoms with van der Waals surface area (Å²) in [6.07, 6.45) is -8.21. The highest BCUT2D eigenvalue weighted by molar-refractivity contribution is 7.89. The van der Waals surface area contributed by atoms with Gasteiger partial charge in [0.05, 0.1) is 30.3 Å². The fourth-order valence-electron chi connectivity index (χ4n) is 5.37. The number of hydrogen-bond donors (Lipinski definition) is 1. The highest BCUT2D eigenvalue weighted by Crippen LogP contribution is 2.51. The average Bonchev–Trinajstić information content (AvgIpc) is 3.46. The first-order valence-corrected chi connectivity index (χ1v) is 18.1. The van der Waals surface area contributed by atoms with Gasteiger partial charge in [0.2, 0.25) is 16.1 Å². The Kier molecular flexibility index (Phi) is 11.6. The van der Waals surface area contributed by atoms with Crippen molar-refractivity contribution in [2.24, 2.45) is 0 Å². The predicted molar refractivity (Wildman–Crippen MR) is 167 cm³/mol. The van der Waals surface area contributed by atoms with Gasteiger partial charge >= 0.3 is 20.1 Å². The Morgan fingerprint density at radius 2 is 1.42 bits per heavy atom. The number of sulfonamides is 1. The maximum atomic E-state index is 14.0. The third-order valence-corrected chi connectivity index (χ3v) is 10.9. The lowest BCUT2D eigenvalue weighted by atomic mass is 9.88. The fourth-order valence-corrected chi connectivity index (χ4v) is 7.77. The zero-order valence-corrected chi connectivity index (χ0v) is 27.5. The maximum absolute atomic E-state index is 14.0. The molecule has 5 rings (SSSR count). The van der Waals surface area contributed by atoms with Crippen LogP contribution in [0.25, 0.3) is 0 Å². The maximum Gasteiger partial charge on any atom is 0.475 e. The van der Waals surface area contributed by atoms with Crippen LogP contribution in [0, 0.1) is 0 Å². The molecule has 0 aromatic heterocycles. The zero-order valence-electron chi connectivity index (χ0n) is 25.8. The molecule has 0 bridgehead atoms. The van der Waals surface area contributed by atoms with E-state index < -0.39 is 54.5 Å². The number of hydrogen-bond acceptors (Lipinski definition) is 9. The number of carbonyl (C=O) groups is 1. The number of nitrogens with zero attached hydrogens (tertiary/aromatic N) is 1. The van der Waals surface area contributed by atoms with E-state index in [1.54, 1.807) is 78.9 Å². The van der Waals surface area contributed by atoms with Crippen LogP contribution in [0.4, 0.5) is 18.0 Å². The van der Waals surface area contributed by atoms with Gasteiger partial charge in [0.25, 0.3) is 0 Å². The van der Waals surface area contributed by atoms with E-state index in [1.165, 1.54) is 12.1 Å². The molecular formula is C32H36F3N2O9PS. The number of likely N-dealkylation sites (tertiary alicyclic amines) is 1. The second kappa shape index (κ2) is 15.5. The molecule has 2 saturated heterocycles. The topological polar surface area (TPSA) is 130 Å². The summed E-state index contributed by atoms with van der Waals surface area (Å²) in [5.41, 5.74) is 0.418. The Balaban J connectivity index is 1.16. The molecule has 0 aliphatic carbocycles. The van der Waals surface area contributed by atoms with Gasteiger partial charge in [-0.15, -0.1) is 0 Å². The smallest absolute Gasteiger partial charge is 0.434 e. The average molecular weight is 713 g/mol. The lowest BCUT2D eigenvalue weighted by Gasteiger charge is -2.38. The molecule has 260 valence electrons. The van der Waals surface area contributed by atoms with E-state index >= 15 is 0 Å². The molecule has 3 aromatic carbocycles. The molecule has 0 radical (unpaired) electrons. The summed E-state index contributed by atoms with van der Waals surface area (Å²) in [6, 6.07) is 24.4. The van der Waals surface area contributed by atoms with Gasteiger partial charge in [0.15, 0.2) is 0 Å². The minimum atomic E-state index is -5.06. The highest BCUT2D eigenvalue weighted by Gasteiger charge is 2.48. The largest absolute Gasteiger partial charge is 0.475 e. The van der Waals surface area contributed by atoms with Gasteiger partial charge in [-0.05, 0) is 42.5 Å². The van der Waals surface area contributed by atoms with E-state index in [2.05, 4.69) is 4.72 Å². The van der Waals surface area contributed by atoms with Crippen molar-refractivity contribution >= 4 is 23.9 Å². The number of alkyl halides is 3. The van der Waals surface area contributed by atoms with Gasteiger partial charge in [0.1, 0.15) is 6.61 Å². The number of phosphoric ester groups is 1. The van der Waals surface area contributed by atoms with Gasteiger partial charge in [-0.25, -0.2) is 22.5 Å². The number of nitrogens with one attached hydrogen (secondary N) is 1. The van der Waals surface area contributed by atoms with Crippen molar-refractivity contribution in [3.8, 4) is 0 Å². The second-order valence-corrected chi connectivity index (χ2v) is 14.9. The molecule has 1 N–H and O–H groups in total. The lowest BCUT2D eigenvalue weighted by Crippen LogP contribution is -2.49. The molecular weight excluding hydrogens is 676 g/mol. The van der Waals surface area contributed by atoms with Crippen LogP contribution in [0.15, 0.2) is 95.9 Å². The molecule has 2 heterocycles. The predicted octanol–water partition coefficient (Wildman–Crippen LogP) is 6.21. The number of halogens is 3. The minimum Gasteiger partial charge on any atom is -0.434 e. The molecule has 3 aromatic rings. The number of ether oxygens (including phenoxy) is 2. The molecule has 2 aliphatic heterocycles. The fraction of sp³-hybridized carbons (Fsp3) is 0.406. The molecule has 1 amide bonds. The van der Waals surface area contributed by atoms with Crippen LogP contribution in [0.3, 0.4) is 0 Å². The minimum absolute atomic E-state index is 0.0152. The highest BCUT2D eigenvalue weighted by atomic mass is 32.2. The van der Waals surface area contributed by atoms with Crippen LogP contribution in [0.5, 0.6) is 0 Å². The normalized spacial score (nSPS) is 18.9. The molecule has 2 fully saturated rings. The van der Waals surface area contributed by atoms with E-state index in [9.17, 15) is 30.9 Å². The first-order chi connectivity index (χ1) is 22.8. The summed E-state index contributed by atoms with van der Waals surface area (Å²) in [5.74, 6) is 0. The number of piperidine rings is 1. The van der Waals surface area contributed by atoms with Crippen LogP contribution < -0.4 is 4.72 Å². The Labute approximate surface area is 276 Å². The summed E-state index contributed by atoms with van der Waals surface area (Å²) >= 11 is 0. The molecule has 11 nitrogen and oxygen atoms in total. The SMILES string of the molecule is O=C(OC(COP(=O)(OCc1ccccc1)OCc1ccccc1)C(F)(F)F)N1CCC2(CC1)C[C@@H](NS(=O)(=O)c1ccccc1)CO2. The monoisotopic (exact) mass is 712 g/mol. The Morgan fingerprint density at radius 1 is 0.896 bits per heavy atom. The van der Waals surface area contributed by atoms with E-state index in [-0.39, 0.29) is 50.6 Å². The quantitative estimate of drug-likeness (QED) is 0.206. The Morgan fingerprint density at radius 3 is 1.94 bits per heavy atom. The molecule has 2 aliphatic rings. The van der Waals surface area contributed by atoms with Crippen molar-refractivity contribution in [2.75, 3.05) is 26.3 Å². The van der Waals surface area contributed by atoms with Crippen LogP contribution in [-0.2, 0) is 50.8 Å². The Hall–Kier alpha value is -3.30. The van der Waals surface area contributed by atoms with Crippen molar-refractivity contribution in [1.29, 1.82) is 0 Å². The van der Waals surface area contributed by atoms with Gasteiger partial charge in [-0.3, -0.25) is 13.6 Å². The molecule has 48 heavy (non-hydrogen) atoms. The van der Waals surface area contributed by atoms with Crippen LogP contribution in [0.2, 0.25) is 0 Å². The van der Waals surface area contributed by atoms with Gasteiger partial charge < -0.3 is 14.4 Å². The van der Waals surface area contributed by atoms with E-state index in [4.69, 9.17) is 23.0 Å². The first kappa shape index (κ1) is 36.0. The number of amides is 1. The van der Waals surface area contributed by atoms with Crippen molar-refractivity contribution < 1.29 is 54.0 Å². The van der Waals surface area contributed by atoms with E-state index in [1.807, 2.05) is 0 Å². The molecule has 1 unspecified atom stereocenters. The van der Waals surface area contributed by atoms with Gasteiger partial charge in [0, 0.05) is 19.1 Å². The van der Waals surface area contributed by atoms with Crippen molar-refractivity contribution in [3.05, 3.63) is 102 Å². The summed E-state index contributed by atoms with van der Waals surface area (Å²) in [7, 11) is -8.35. The summed E-state index contributed by atoms with van der Waals surface area (Å²) in [4.78, 5) is 14.1. The first-order valence-electron chi connectivity index (χ1n) is 15.2. The molecule has 0 saturated carbocycles. The number of rotatable bonds is 13. The summed E-state index contributed by atoms with van der Waals surface area (Å²) in [6.45, 7) is -1.73. The number of carbonyl (C=O) groups excluding carboxylic acids is 1. The third-order valence-electron chi connectivity index (χ3n) is 7.97. The molecule has 16 heteroatoms. The number of phosphoric acid groups is 1. The standard InChI is InChI=1S/C32H36F3N2O9PS/c33-32(34,35)29(24-45-47(39,43-21-25-10-4-1-5-11-25)44-22-26-12-6-2-7-13-26)46-30(38)37-18-16-31(17-19-37)20-27(23-42-31)36-48(40,41)28-14-8-3-9-15-28/h1-15,27,29,36H,16-24H2/t27-,29?/m1/s1. The number of benzene rings is 3. The van der Waals surface area contributed by atoms with Gasteiger partial charge in [-0.2, -0.15) is 13.2 Å². The molecule has 2 atom stereocenters. The molecule has 1 spiro atoms. The van der Waals surface area contributed by atoms with Crippen molar-refractivity contribution in [2.45, 2.75) is 61.3 Å². The third kappa shape index (κ3) is 9.88. The van der Waals surface area contributed by atoms with Crippen LogP contribution >= 0.6 is 7.82 Å². The van der Waals surface area contributed by atoms with Crippen molar-refractivity contribution in [3.63, 3.8) is 0 Å². The van der Waals surface area contributed by atoms with Crippen LogP contribution in [0.1, 0.15) is 30.4 Å². The van der Waals surface area contributed by atoms with E-state index in [0.29, 0.717) is 17.5 Å². The Bertz CT molecular complexity index is 1600.